The van der Waals surface area contributed by atoms with E-state index in [-0.39, 0.29) is 11.3 Å². The van der Waals surface area contributed by atoms with Crippen molar-refractivity contribution in [2.45, 2.75) is 53.4 Å². The van der Waals surface area contributed by atoms with Crippen LogP contribution < -0.4 is 5.32 Å². The maximum atomic E-state index is 12.8. The van der Waals surface area contributed by atoms with Crippen molar-refractivity contribution in [3.63, 3.8) is 0 Å². The summed E-state index contributed by atoms with van der Waals surface area (Å²) in [4.78, 5) is 12.8. The van der Waals surface area contributed by atoms with E-state index < -0.39 is 0 Å². The molecule has 1 aliphatic carbocycles. The lowest BCUT2D eigenvalue weighted by atomic mass is 9.75. The molecule has 2 rings (SSSR count). The highest BCUT2D eigenvalue weighted by Crippen LogP contribution is 2.45. The van der Waals surface area contributed by atoms with Gasteiger partial charge in [0.15, 0.2) is 0 Å². The summed E-state index contributed by atoms with van der Waals surface area (Å²) in [5, 5.41) is 3.14. The number of carbonyl (C=O) groups is 1. The van der Waals surface area contributed by atoms with Gasteiger partial charge in [-0.15, -0.1) is 0 Å². The summed E-state index contributed by atoms with van der Waals surface area (Å²) >= 11 is 0. The standard InChI is InChI=1S/C20H29NO/c1-15(2)7-8-17-9-11-18(12-10-17)21-19(22)20(16(3)4)13-5-6-14-20/h7-12,15-16H,5-6,13-14H2,1-4H3,(H,21,22)/b8-7+. The summed E-state index contributed by atoms with van der Waals surface area (Å²) < 4.78 is 0. The van der Waals surface area contributed by atoms with E-state index in [4.69, 9.17) is 0 Å². The van der Waals surface area contributed by atoms with Crippen LogP contribution in [0.3, 0.4) is 0 Å². The molecule has 120 valence electrons. The molecule has 2 nitrogen and oxygen atoms in total. The summed E-state index contributed by atoms with van der Waals surface area (Å²) in [5.74, 6) is 1.14. The van der Waals surface area contributed by atoms with E-state index in [9.17, 15) is 4.79 Å². The molecule has 1 aliphatic rings. The van der Waals surface area contributed by atoms with E-state index in [2.05, 4.69) is 57.3 Å². The number of hydrogen-bond donors (Lipinski definition) is 1. The second kappa shape index (κ2) is 7.13. The van der Waals surface area contributed by atoms with Gasteiger partial charge in [-0.2, -0.15) is 0 Å². The molecule has 2 heteroatoms. The summed E-state index contributed by atoms with van der Waals surface area (Å²) in [6, 6.07) is 8.12. The number of anilines is 1. The van der Waals surface area contributed by atoms with E-state index in [1.165, 1.54) is 18.4 Å². The van der Waals surface area contributed by atoms with Gasteiger partial charge in [-0.05, 0) is 42.4 Å². The third-order valence-electron chi connectivity index (χ3n) is 4.90. The highest BCUT2D eigenvalue weighted by atomic mass is 16.2. The minimum Gasteiger partial charge on any atom is -0.326 e. The van der Waals surface area contributed by atoms with Crippen LogP contribution in [0, 0.1) is 17.3 Å². The Hall–Kier alpha value is -1.57. The smallest absolute Gasteiger partial charge is 0.230 e. The Bertz CT molecular complexity index is 519. The normalized spacial score (nSPS) is 17.5. The van der Waals surface area contributed by atoms with Gasteiger partial charge in [0.25, 0.3) is 0 Å². The molecule has 22 heavy (non-hydrogen) atoms. The van der Waals surface area contributed by atoms with E-state index in [0.29, 0.717) is 11.8 Å². The minimum absolute atomic E-state index is 0.170. The van der Waals surface area contributed by atoms with Crippen LogP contribution in [0.1, 0.15) is 58.9 Å². The van der Waals surface area contributed by atoms with Gasteiger partial charge in [-0.1, -0.05) is 64.8 Å². The van der Waals surface area contributed by atoms with Crippen molar-refractivity contribution in [1.82, 2.24) is 0 Å². The SMILES string of the molecule is CC(C)/C=C/c1ccc(NC(=O)C2(C(C)C)CCCC2)cc1. The molecule has 0 radical (unpaired) electrons. The monoisotopic (exact) mass is 299 g/mol. The predicted octanol–water partition coefficient (Wildman–Crippen LogP) is 5.51. The van der Waals surface area contributed by atoms with Crippen LogP contribution >= 0.6 is 0 Å². The average Bonchev–Trinajstić information content (AvgIpc) is 2.97. The van der Waals surface area contributed by atoms with Crippen molar-refractivity contribution in [1.29, 1.82) is 0 Å². The number of benzene rings is 1. The maximum absolute atomic E-state index is 12.8. The number of carbonyl (C=O) groups excluding carboxylic acids is 1. The van der Waals surface area contributed by atoms with E-state index in [0.717, 1.165) is 18.5 Å². The van der Waals surface area contributed by atoms with Gasteiger partial charge in [0.2, 0.25) is 5.91 Å². The first-order chi connectivity index (χ1) is 10.4. The first kappa shape index (κ1) is 16.8. The van der Waals surface area contributed by atoms with Crippen molar-refractivity contribution in [3.05, 3.63) is 35.9 Å². The molecule has 0 aliphatic heterocycles. The lowest BCUT2D eigenvalue weighted by Gasteiger charge is -2.31. The van der Waals surface area contributed by atoms with Crippen molar-refractivity contribution in [3.8, 4) is 0 Å². The van der Waals surface area contributed by atoms with Crippen LogP contribution in [0.5, 0.6) is 0 Å². The molecule has 1 aromatic carbocycles. The van der Waals surface area contributed by atoms with Crippen LogP contribution in [-0.4, -0.2) is 5.91 Å². The molecule has 0 unspecified atom stereocenters. The molecule has 1 N–H and O–H groups in total. The van der Waals surface area contributed by atoms with Crippen molar-refractivity contribution in [2.75, 3.05) is 5.32 Å². The molecular formula is C20H29NO. The van der Waals surface area contributed by atoms with Gasteiger partial charge in [0.1, 0.15) is 0 Å². The van der Waals surface area contributed by atoms with Crippen LogP contribution in [0.15, 0.2) is 30.3 Å². The molecule has 0 spiro atoms. The molecular weight excluding hydrogens is 270 g/mol. The summed E-state index contributed by atoms with van der Waals surface area (Å²) in [6.07, 6.45) is 8.69. The van der Waals surface area contributed by atoms with Crippen LogP contribution in [0.2, 0.25) is 0 Å². The zero-order valence-corrected chi connectivity index (χ0v) is 14.4. The first-order valence-electron chi connectivity index (χ1n) is 8.54. The fourth-order valence-corrected chi connectivity index (χ4v) is 3.31. The van der Waals surface area contributed by atoms with Crippen molar-refractivity contribution in [2.24, 2.45) is 17.3 Å². The lowest BCUT2D eigenvalue weighted by molar-refractivity contribution is -0.127. The highest BCUT2D eigenvalue weighted by Gasteiger charge is 2.43. The zero-order chi connectivity index (χ0) is 16.2. The van der Waals surface area contributed by atoms with Gasteiger partial charge in [-0.25, -0.2) is 0 Å². The Labute approximate surface area is 135 Å². The third kappa shape index (κ3) is 3.79. The van der Waals surface area contributed by atoms with E-state index in [1.807, 2.05) is 12.1 Å². The summed E-state index contributed by atoms with van der Waals surface area (Å²) in [5.41, 5.74) is 1.90. The predicted molar refractivity (Wildman–Crippen MR) is 94.7 cm³/mol. The first-order valence-corrected chi connectivity index (χ1v) is 8.54. The zero-order valence-electron chi connectivity index (χ0n) is 14.4. The summed E-state index contributed by atoms with van der Waals surface area (Å²) in [6.45, 7) is 8.67. The molecule has 0 bridgehead atoms. The fourth-order valence-electron chi connectivity index (χ4n) is 3.31. The second-order valence-corrected chi connectivity index (χ2v) is 7.20. The topological polar surface area (TPSA) is 29.1 Å². The van der Waals surface area contributed by atoms with Crippen LogP contribution in [0.4, 0.5) is 5.69 Å². The molecule has 0 aromatic heterocycles. The fraction of sp³-hybridized carbons (Fsp3) is 0.550. The van der Waals surface area contributed by atoms with Crippen LogP contribution in [-0.2, 0) is 4.79 Å². The van der Waals surface area contributed by atoms with Crippen LogP contribution in [0.25, 0.3) is 6.08 Å². The minimum atomic E-state index is -0.170. The number of nitrogens with one attached hydrogen (secondary N) is 1. The number of rotatable bonds is 5. The van der Waals surface area contributed by atoms with Gasteiger partial charge < -0.3 is 5.32 Å². The molecule has 0 atom stereocenters. The quantitative estimate of drug-likeness (QED) is 0.763. The summed E-state index contributed by atoms with van der Waals surface area (Å²) in [7, 11) is 0. The maximum Gasteiger partial charge on any atom is 0.230 e. The molecule has 1 amide bonds. The Morgan fingerprint density at radius 1 is 1.09 bits per heavy atom. The number of hydrogen-bond acceptors (Lipinski definition) is 1. The van der Waals surface area contributed by atoms with Gasteiger partial charge in [0, 0.05) is 5.69 Å². The lowest BCUT2D eigenvalue weighted by Crippen LogP contribution is -2.38. The van der Waals surface area contributed by atoms with Gasteiger partial charge in [-0.3, -0.25) is 4.79 Å². The molecule has 1 saturated carbocycles. The average molecular weight is 299 g/mol. The highest BCUT2D eigenvalue weighted by molar-refractivity contribution is 5.95. The number of allylic oxidation sites excluding steroid dienone is 1. The Kier molecular flexibility index (Phi) is 5.44. The molecule has 1 fully saturated rings. The molecule has 1 aromatic rings. The van der Waals surface area contributed by atoms with Gasteiger partial charge in [0.05, 0.1) is 5.41 Å². The molecule has 0 heterocycles. The Balaban J connectivity index is 2.05. The van der Waals surface area contributed by atoms with E-state index >= 15 is 0 Å². The Morgan fingerprint density at radius 2 is 1.68 bits per heavy atom. The van der Waals surface area contributed by atoms with E-state index in [1.54, 1.807) is 0 Å². The molecule has 0 saturated heterocycles. The Morgan fingerprint density at radius 3 is 2.18 bits per heavy atom. The third-order valence-corrected chi connectivity index (χ3v) is 4.90. The largest absolute Gasteiger partial charge is 0.326 e. The van der Waals surface area contributed by atoms with Crippen molar-refractivity contribution >= 4 is 17.7 Å². The van der Waals surface area contributed by atoms with Gasteiger partial charge >= 0.3 is 0 Å². The second-order valence-electron chi connectivity index (χ2n) is 7.20. The number of amides is 1. The van der Waals surface area contributed by atoms with Crippen molar-refractivity contribution < 1.29 is 4.79 Å².